The highest BCUT2D eigenvalue weighted by atomic mass is 16.6. The van der Waals surface area contributed by atoms with Gasteiger partial charge in [-0.25, -0.2) is 0 Å². The number of benzene rings is 1. The summed E-state index contributed by atoms with van der Waals surface area (Å²) in [4.78, 5) is 24.4. The number of phenolic OH excluding ortho intramolecular Hbond substituents is 1. The van der Waals surface area contributed by atoms with Crippen molar-refractivity contribution in [1.82, 2.24) is 4.90 Å². The van der Waals surface area contributed by atoms with Gasteiger partial charge < -0.3 is 10.0 Å². The van der Waals surface area contributed by atoms with Gasteiger partial charge in [-0.1, -0.05) is 13.8 Å². The van der Waals surface area contributed by atoms with Crippen LogP contribution in [-0.2, 0) is 0 Å². The van der Waals surface area contributed by atoms with Crippen molar-refractivity contribution < 1.29 is 14.8 Å². The third-order valence-electron chi connectivity index (χ3n) is 3.81. The van der Waals surface area contributed by atoms with E-state index in [1.54, 1.807) is 4.90 Å². The number of nitro groups is 1. The zero-order valence-corrected chi connectivity index (χ0v) is 11.6. The van der Waals surface area contributed by atoms with Gasteiger partial charge in [0.15, 0.2) is 0 Å². The van der Waals surface area contributed by atoms with E-state index >= 15 is 0 Å². The van der Waals surface area contributed by atoms with Crippen LogP contribution in [0.2, 0.25) is 0 Å². The Hall–Kier alpha value is -2.11. The van der Waals surface area contributed by atoms with Gasteiger partial charge in [-0.05, 0) is 30.4 Å². The van der Waals surface area contributed by atoms with Crippen LogP contribution in [0.25, 0.3) is 0 Å². The van der Waals surface area contributed by atoms with Crippen LogP contribution in [-0.4, -0.2) is 33.9 Å². The van der Waals surface area contributed by atoms with E-state index < -0.39 is 4.92 Å². The third kappa shape index (κ3) is 2.89. The van der Waals surface area contributed by atoms with Gasteiger partial charge in [0.2, 0.25) is 0 Å². The quantitative estimate of drug-likeness (QED) is 0.665. The predicted octanol–water partition coefficient (Wildman–Crippen LogP) is 2.56. The van der Waals surface area contributed by atoms with Crippen LogP contribution in [0.5, 0.6) is 5.75 Å². The zero-order valence-electron chi connectivity index (χ0n) is 11.6. The normalized spacial score (nSPS) is 17.8. The molecule has 0 radical (unpaired) electrons. The Balaban J connectivity index is 2.25. The molecule has 1 fully saturated rings. The molecule has 1 aliphatic heterocycles. The van der Waals surface area contributed by atoms with Crippen LogP contribution < -0.4 is 0 Å². The van der Waals surface area contributed by atoms with Gasteiger partial charge in [0.05, 0.1) is 4.92 Å². The molecular weight excluding hydrogens is 260 g/mol. The van der Waals surface area contributed by atoms with Crippen LogP contribution in [0.15, 0.2) is 18.2 Å². The summed E-state index contributed by atoms with van der Waals surface area (Å²) < 4.78 is 0. The van der Waals surface area contributed by atoms with Gasteiger partial charge in [0.1, 0.15) is 11.3 Å². The smallest absolute Gasteiger partial charge is 0.282 e. The minimum absolute atomic E-state index is 0.0466. The van der Waals surface area contributed by atoms with Crippen molar-refractivity contribution in [1.29, 1.82) is 0 Å². The fourth-order valence-electron chi connectivity index (χ4n) is 2.34. The molecule has 1 saturated heterocycles. The average molecular weight is 278 g/mol. The molecule has 6 heteroatoms. The molecule has 1 aromatic rings. The second-order valence-corrected chi connectivity index (χ2v) is 5.91. The van der Waals surface area contributed by atoms with Crippen LogP contribution in [0, 0.1) is 15.5 Å². The fourth-order valence-corrected chi connectivity index (χ4v) is 2.34. The molecule has 1 heterocycles. The molecule has 1 aliphatic rings. The van der Waals surface area contributed by atoms with Crippen LogP contribution in [0.4, 0.5) is 5.69 Å². The molecule has 2 rings (SSSR count). The van der Waals surface area contributed by atoms with E-state index in [-0.39, 0.29) is 28.3 Å². The molecule has 20 heavy (non-hydrogen) atoms. The molecule has 0 aromatic heterocycles. The molecular formula is C14H18N2O4. The van der Waals surface area contributed by atoms with Gasteiger partial charge in [-0.3, -0.25) is 14.9 Å². The molecule has 0 aliphatic carbocycles. The first-order valence-corrected chi connectivity index (χ1v) is 6.57. The summed E-state index contributed by atoms with van der Waals surface area (Å²) in [5.41, 5.74) is -0.117. The summed E-state index contributed by atoms with van der Waals surface area (Å²) in [5.74, 6) is -0.528. The molecule has 0 atom stereocenters. The van der Waals surface area contributed by atoms with Crippen LogP contribution in [0.3, 0.4) is 0 Å². The molecule has 108 valence electrons. The van der Waals surface area contributed by atoms with Crippen LogP contribution in [0.1, 0.15) is 37.0 Å². The molecule has 0 spiro atoms. The minimum atomic E-state index is -0.597. The first kappa shape index (κ1) is 14.3. The number of phenols is 1. The number of nitro benzene ring substituents is 1. The van der Waals surface area contributed by atoms with Gasteiger partial charge in [-0.2, -0.15) is 0 Å². The van der Waals surface area contributed by atoms with Crippen molar-refractivity contribution >= 4 is 11.6 Å². The number of rotatable bonds is 2. The lowest BCUT2D eigenvalue weighted by atomic mass is 9.82. The van der Waals surface area contributed by atoms with Crippen molar-refractivity contribution in [3.63, 3.8) is 0 Å². The molecule has 0 bridgehead atoms. The number of hydrogen-bond donors (Lipinski definition) is 1. The molecule has 1 aromatic carbocycles. The first-order valence-electron chi connectivity index (χ1n) is 6.57. The third-order valence-corrected chi connectivity index (χ3v) is 3.81. The Morgan fingerprint density at radius 2 is 1.95 bits per heavy atom. The number of piperidine rings is 1. The molecule has 1 N–H and O–H groups in total. The van der Waals surface area contributed by atoms with E-state index in [4.69, 9.17) is 0 Å². The summed E-state index contributed by atoms with van der Waals surface area (Å²) in [6.45, 7) is 5.45. The van der Waals surface area contributed by atoms with Crippen molar-refractivity contribution in [2.45, 2.75) is 26.7 Å². The van der Waals surface area contributed by atoms with Gasteiger partial charge >= 0.3 is 0 Å². The average Bonchev–Trinajstić information content (AvgIpc) is 2.37. The van der Waals surface area contributed by atoms with E-state index in [0.717, 1.165) is 18.9 Å². The van der Waals surface area contributed by atoms with Crippen molar-refractivity contribution in [3.8, 4) is 5.75 Å². The second-order valence-electron chi connectivity index (χ2n) is 5.91. The maximum Gasteiger partial charge on any atom is 0.282 e. The molecule has 0 saturated carbocycles. The maximum atomic E-state index is 12.4. The van der Waals surface area contributed by atoms with E-state index in [9.17, 15) is 20.0 Å². The zero-order chi connectivity index (χ0) is 14.9. The number of aromatic hydroxyl groups is 1. The number of nitrogens with zero attached hydrogens (tertiary/aromatic N) is 2. The standard InChI is InChI=1S/C14H18N2O4/c1-14(2)5-7-15(8-6-14)13(18)11-9-10(17)3-4-12(11)16(19)20/h3-4,9,17H,5-8H2,1-2H3. The summed E-state index contributed by atoms with van der Waals surface area (Å²) in [7, 11) is 0. The van der Waals surface area contributed by atoms with Crippen molar-refractivity contribution in [2.75, 3.05) is 13.1 Å². The van der Waals surface area contributed by atoms with Crippen LogP contribution >= 0.6 is 0 Å². The highest BCUT2D eigenvalue weighted by Crippen LogP contribution is 2.32. The summed E-state index contributed by atoms with van der Waals surface area (Å²) in [6, 6.07) is 3.55. The lowest BCUT2D eigenvalue weighted by Crippen LogP contribution is -2.41. The Kier molecular flexibility index (Phi) is 3.65. The van der Waals surface area contributed by atoms with Gasteiger partial charge in [0, 0.05) is 19.2 Å². The number of hydrogen-bond acceptors (Lipinski definition) is 4. The number of amides is 1. The van der Waals surface area contributed by atoms with E-state index in [1.165, 1.54) is 12.1 Å². The lowest BCUT2D eigenvalue weighted by Gasteiger charge is -2.36. The molecule has 0 unspecified atom stereocenters. The Labute approximate surface area is 117 Å². The number of carbonyl (C=O) groups excluding carboxylic acids is 1. The van der Waals surface area contributed by atoms with E-state index in [0.29, 0.717) is 13.1 Å². The SMILES string of the molecule is CC1(C)CCN(C(=O)c2cc(O)ccc2[N+](=O)[O-])CC1. The second kappa shape index (κ2) is 5.11. The predicted molar refractivity (Wildman–Crippen MR) is 73.7 cm³/mol. The Morgan fingerprint density at radius 1 is 1.35 bits per heavy atom. The summed E-state index contributed by atoms with van der Waals surface area (Å²) in [6.07, 6.45) is 1.73. The van der Waals surface area contributed by atoms with Gasteiger partial charge in [0.25, 0.3) is 11.6 Å². The first-order chi connectivity index (χ1) is 9.30. The largest absolute Gasteiger partial charge is 0.508 e. The van der Waals surface area contributed by atoms with Crippen molar-refractivity contribution in [3.05, 3.63) is 33.9 Å². The van der Waals surface area contributed by atoms with Crippen molar-refractivity contribution in [2.24, 2.45) is 5.41 Å². The Bertz CT molecular complexity index is 544. The highest BCUT2D eigenvalue weighted by molar-refractivity contribution is 5.98. The topological polar surface area (TPSA) is 83.7 Å². The number of likely N-dealkylation sites (tertiary alicyclic amines) is 1. The lowest BCUT2D eigenvalue weighted by molar-refractivity contribution is -0.385. The molecule has 1 amide bonds. The number of carbonyl (C=O) groups is 1. The summed E-state index contributed by atoms with van der Waals surface area (Å²) in [5, 5.41) is 20.4. The minimum Gasteiger partial charge on any atom is -0.508 e. The van der Waals surface area contributed by atoms with Gasteiger partial charge in [-0.15, -0.1) is 0 Å². The highest BCUT2D eigenvalue weighted by Gasteiger charge is 2.31. The maximum absolute atomic E-state index is 12.4. The van der Waals surface area contributed by atoms with E-state index in [2.05, 4.69) is 13.8 Å². The van der Waals surface area contributed by atoms with E-state index in [1.807, 2.05) is 0 Å². The monoisotopic (exact) mass is 278 g/mol. The summed E-state index contributed by atoms with van der Waals surface area (Å²) >= 11 is 0. The molecule has 6 nitrogen and oxygen atoms in total. The Morgan fingerprint density at radius 3 is 2.50 bits per heavy atom. The fraction of sp³-hybridized carbons (Fsp3) is 0.500.